The zero-order valence-electron chi connectivity index (χ0n) is 16.5. The average molecular weight is 526 g/mol. The van der Waals surface area contributed by atoms with Crippen molar-refractivity contribution in [2.45, 2.75) is 37.9 Å². The van der Waals surface area contributed by atoms with Crippen molar-refractivity contribution >= 4 is 29.9 Å². The minimum absolute atomic E-state index is 0. The van der Waals surface area contributed by atoms with Gasteiger partial charge in [0.05, 0.1) is 31.4 Å². The van der Waals surface area contributed by atoms with Crippen LogP contribution in [-0.4, -0.2) is 61.7 Å². The van der Waals surface area contributed by atoms with Crippen LogP contribution in [0.3, 0.4) is 0 Å². The molecular weight excluding hydrogens is 496 g/mol. The fourth-order valence-electron chi connectivity index (χ4n) is 3.79. The van der Waals surface area contributed by atoms with Crippen molar-refractivity contribution in [3.63, 3.8) is 0 Å². The Bertz CT molecular complexity index is 640. The quantitative estimate of drug-likeness (QED) is 0.368. The second kappa shape index (κ2) is 11.4. The van der Waals surface area contributed by atoms with E-state index in [1.165, 1.54) is 12.8 Å². The third kappa shape index (κ3) is 6.99. The van der Waals surface area contributed by atoms with Gasteiger partial charge in [0.15, 0.2) is 5.96 Å². The molecule has 0 spiro atoms. The monoisotopic (exact) mass is 526 g/mol. The summed E-state index contributed by atoms with van der Waals surface area (Å²) >= 11 is 0. The van der Waals surface area contributed by atoms with Gasteiger partial charge in [-0.2, -0.15) is 13.2 Å². The minimum Gasteiger partial charge on any atom is -0.379 e. The van der Waals surface area contributed by atoms with Crippen LogP contribution < -0.4 is 5.73 Å². The Morgan fingerprint density at radius 1 is 1.00 bits per heavy atom. The summed E-state index contributed by atoms with van der Waals surface area (Å²) in [5.74, 6) is 0.534. The first kappa shape index (κ1) is 24.2. The number of hydrogen-bond acceptors (Lipinski definition) is 3. The second-order valence-electron chi connectivity index (χ2n) is 7.38. The average Bonchev–Trinajstić information content (AvgIpc) is 2.98. The van der Waals surface area contributed by atoms with Crippen LogP contribution in [0.1, 0.15) is 42.9 Å². The Balaban J connectivity index is 0.00000300. The zero-order chi connectivity index (χ0) is 20.0. The highest BCUT2D eigenvalue weighted by atomic mass is 127. The fraction of sp³-hybridized carbons (Fsp3) is 0.650. The SMILES string of the molecule is I.NC(=NCC(c1ccc(C(F)(F)F)cc1)N1CCOCC1)N1CCCCCC1. The molecule has 1 atom stereocenters. The molecule has 0 radical (unpaired) electrons. The summed E-state index contributed by atoms with van der Waals surface area (Å²) in [4.78, 5) is 8.96. The van der Waals surface area contributed by atoms with Gasteiger partial charge in [-0.15, -0.1) is 24.0 Å². The normalized spacial score (nSPS) is 20.7. The number of rotatable bonds is 4. The number of nitrogens with zero attached hydrogens (tertiary/aromatic N) is 3. The molecule has 9 heteroatoms. The predicted octanol–water partition coefficient (Wildman–Crippen LogP) is 3.89. The molecule has 0 aliphatic carbocycles. The van der Waals surface area contributed by atoms with Crippen molar-refractivity contribution in [2.24, 2.45) is 10.7 Å². The molecule has 2 aliphatic heterocycles. The molecule has 1 unspecified atom stereocenters. The van der Waals surface area contributed by atoms with E-state index in [1.807, 2.05) is 0 Å². The summed E-state index contributed by atoms with van der Waals surface area (Å²) in [6.07, 6.45) is 0.323. The molecule has 3 rings (SSSR count). The molecule has 1 aromatic carbocycles. The van der Waals surface area contributed by atoms with Gasteiger partial charge in [0, 0.05) is 26.2 Å². The van der Waals surface area contributed by atoms with Gasteiger partial charge in [0.2, 0.25) is 0 Å². The number of nitrogens with two attached hydrogens (primary N) is 1. The Kier molecular flexibility index (Phi) is 9.48. The minimum atomic E-state index is -4.33. The molecule has 2 aliphatic rings. The topological polar surface area (TPSA) is 54.1 Å². The molecule has 164 valence electrons. The van der Waals surface area contributed by atoms with Crippen LogP contribution >= 0.6 is 24.0 Å². The summed E-state index contributed by atoms with van der Waals surface area (Å²) in [5, 5.41) is 0. The van der Waals surface area contributed by atoms with Crippen LogP contribution in [0, 0.1) is 0 Å². The van der Waals surface area contributed by atoms with Crippen molar-refractivity contribution in [1.29, 1.82) is 0 Å². The molecule has 2 heterocycles. The number of morpholine rings is 1. The fourth-order valence-corrected chi connectivity index (χ4v) is 3.79. The lowest BCUT2D eigenvalue weighted by Gasteiger charge is -2.34. The van der Waals surface area contributed by atoms with Gasteiger partial charge < -0.3 is 15.4 Å². The summed E-state index contributed by atoms with van der Waals surface area (Å²) in [5.41, 5.74) is 6.43. The summed E-state index contributed by atoms with van der Waals surface area (Å²) in [7, 11) is 0. The molecular formula is C20H30F3IN4O. The van der Waals surface area contributed by atoms with Gasteiger partial charge in [-0.3, -0.25) is 9.89 Å². The van der Waals surface area contributed by atoms with Crippen LogP contribution in [0.2, 0.25) is 0 Å². The van der Waals surface area contributed by atoms with Crippen molar-refractivity contribution in [3.05, 3.63) is 35.4 Å². The first-order chi connectivity index (χ1) is 13.4. The van der Waals surface area contributed by atoms with Crippen molar-refractivity contribution < 1.29 is 17.9 Å². The molecule has 2 fully saturated rings. The second-order valence-corrected chi connectivity index (χ2v) is 7.38. The van der Waals surface area contributed by atoms with Crippen molar-refractivity contribution in [1.82, 2.24) is 9.80 Å². The van der Waals surface area contributed by atoms with Gasteiger partial charge >= 0.3 is 6.18 Å². The van der Waals surface area contributed by atoms with Gasteiger partial charge in [0.1, 0.15) is 0 Å². The summed E-state index contributed by atoms with van der Waals surface area (Å²) in [6.45, 7) is 4.93. The molecule has 0 amide bonds. The van der Waals surface area contributed by atoms with E-state index in [0.29, 0.717) is 25.7 Å². The number of guanidine groups is 1. The predicted molar refractivity (Wildman–Crippen MR) is 119 cm³/mol. The molecule has 2 N–H and O–H groups in total. The highest BCUT2D eigenvalue weighted by molar-refractivity contribution is 14.0. The Hall–Kier alpha value is -1.07. The number of alkyl halides is 3. The van der Waals surface area contributed by atoms with Crippen molar-refractivity contribution in [3.8, 4) is 0 Å². The van der Waals surface area contributed by atoms with E-state index >= 15 is 0 Å². The molecule has 29 heavy (non-hydrogen) atoms. The van der Waals surface area contributed by atoms with Gasteiger partial charge in [-0.05, 0) is 30.5 Å². The van der Waals surface area contributed by atoms with Crippen LogP contribution in [0.5, 0.6) is 0 Å². The van der Waals surface area contributed by atoms with E-state index in [1.54, 1.807) is 12.1 Å². The molecule has 0 aromatic heterocycles. The van der Waals surface area contributed by atoms with Gasteiger partial charge in [-0.25, -0.2) is 0 Å². The smallest absolute Gasteiger partial charge is 0.379 e. The Morgan fingerprint density at radius 3 is 2.14 bits per heavy atom. The van der Waals surface area contributed by atoms with E-state index in [9.17, 15) is 13.2 Å². The summed E-state index contributed by atoms with van der Waals surface area (Å²) in [6, 6.07) is 5.29. The van der Waals surface area contributed by atoms with Crippen LogP contribution in [0.15, 0.2) is 29.3 Å². The molecule has 5 nitrogen and oxygen atoms in total. The maximum absolute atomic E-state index is 12.9. The third-order valence-corrected chi connectivity index (χ3v) is 5.47. The van der Waals surface area contributed by atoms with Crippen LogP contribution in [0.25, 0.3) is 0 Å². The molecule has 0 saturated carbocycles. The van der Waals surface area contributed by atoms with E-state index in [-0.39, 0.29) is 30.0 Å². The number of hydrogen-bond donors (Lipinski definition) is 1. The molecule has 2 saturated heterocycles. The highest BCUT2D eigenvalue weighted by Crippen LogP contribution is 2.31. The Morgan fingerprint density at radius 2 is 1.59 bits per heavy atom. The number of halogens is 4. The number of likely N-dealkylation sites (tertiary alicyclic amines) is 1. The third-order valence-electron chi connectivity index (χ3n) is 5.47. The first-order valence-corrected chi connectivity index (χ1v) is 9.99. The van der Waals surface area contributed by atoms with E-state index in [0.717, 1.165) is 56.7 Å². The van der Waals surface area contributed by atoms with Crippen molar-refractivity contribution in [2.75, 3.05) is 45.9 Å². The summed E-state index contributed by atoms with van der Waals surface area (Å²) < 4.78 is 44.1. The highest BCUT2D eigenvalue weighted by Gasteiger charge is 2.31. The molecule has 0 bridgehead atoms. The lowest BCUT2D eigenvalue weighted by molar-refractivity contribution is -0.137. The van der Waals surface area contributed by atoms with Crippen LogP contribution in [-0.2, 0) is 10.9 Å². The standard InChI is InChI=1S/C20H29F3N4O.HI/c21-20(22,23)17-7-5-16(6-8-17)18(26-11-13-28-14-12-26)15-25-19(24)27-9-3-1-2-4-10-27;/h5-8,18H,1-4,9-15H2,(H2,24,25);1H. The van der Waals surface area contributed by atoms with E-state index in [2.05, 4.69) is 14.8 Å². The first-order valence-electron chi connectivity index (χ1n) is 9.99. The van der Waals surface area contributed by atoms with Gasteiger partial charge in [0.25, 0.3) is 0 Å². The zero-order valence-corrected chi connectivity index (χ0v) is 18.9. The molecule has 1 aromatic rings. The number of ether oxygens (including phenoxy) is 1. The number of benzene rings is 1. The maximum Gasteiger partial charge on any atom is 0.416 e. The number of aliphatic imine (C=N–C) groups is 1. The lowest BCUT2D eigenvalue weighted by atomic mass is 10.0. The van der Waals surface area contributed by atoms with E-state index in [4.69, 9.17) is 10.5 Å². The largest absolute Gasteiger partial charge is 0.416 e. The lowest BCUT2D eigenvalue weighted by Crippen LogP contribution is -2.42. The van der Waals surface area contributed by atoms with E-state index < -0.39 is 11.7 Å². The Labute approximate surface area is 187 Å². The maximum atomic E-state index is 12.9. The van der Waals surface area contributed by atoms with Crippen LogP contribution in [0.4, 0.5) is 13.2 Å². The van der Waals surface area contributed by atoms with Gasteiger partial charge in [-0.1, -0.05) is 25.0 Å².